The first-order valence-corrected chi connectivity index (χ1v) is 12.9. The average Bonchev–Trinajstić information content (AvgIpc) is 2.64. The van der Waals surface area contributed by atoms with Crippen LogP contribution in [0.4, 0.5) is 0 Å². The van der Waals surface area contributed by atoms with Gasteiger partial charge in [0.1, 0.15) is 0 Å². The van der Waals surface area contributed by atoms with Gasteiger partial charge in [-0.15, -0.1) is 0 Å². The fourth-order valence-electron chi connectivity index (χ4n) is 4.17. The summed E-state index contributed by atoms with van der Waals surface area (Å²) in [6.07, 6.45) is 29.0. The van der Waals surface area contributed by atoms with Gasteiger partial charge in [0.15, 0.2) is 0 Å². The van der Waals surface area contributed by atoms with E-state index in [2.05, 4.69) is 27.9 Å². The van der Waals surface area contributed by atoms with E-state index in [1.165, 1.54) is 146 Å². The van der Waals surface area contributed by atoms with E-state index >= 15 is 0 Å². The summed E-state index contributed by atoms with van der Waals surface area (Å²) in [5.41, 5.74) is 0. The molecule has 0 aromatic rings. The number of rotatable bonds is 22. The van der Waals surface area contributed by atoms with E-state index in [-0.39, 0.29) is 17.0 Å². The summed E-state index contributed by atoms with van der Waals surface area (Å²) in [6, 6.07) is 0. The van der Waals surface area contributed by atoms with Gasteiger partial charge in [-0.25, -0.2) is 0 Å². The molecule has 0 fully saturated rings. The van der Waals surface area contributed by atoms with Gasteiger partial charge in [0.25, 0.3) is 0 Å². The van der Waals surface area contributed by atoms with Gasteiger partial charge in [-0.2, -0.15) is 0 Å². The van der Waals surface area contributed by atoms with Crippen molar-refractivity contribution < 1.29 is 21.5 Å². The van der Waals surface area contributed by atoms with Crippen molar-refractivity contribution in [2.24, 2.45) is 0 Å². The largest absolute Gasteiger partial charge is 1.00 e. The molecule has 1 nitrogen and oxygen atoms in total. The second-order valence-corrected chi connectivity index (χ2v) is 9.75. The third kappa shape index (κ3) is 24.5. The Bertz CT molecular complexity index is 278. The molecule has 0 unspecified atom stereocenters. The van der Waals surface area contributed by atoms with Gasteiger partial charge in [-0.05, 0) is 25.7 Å². The van der Waals surface area contributed by atoms with E-state index in [0.717, 1.165) is 0 Å². The molecule has 0 amide bonds. The van der Waals surface area contributed by atoms with Crippen LogP contribution in [0.5, 0.6) is 0 Å². The Hall–Kier alpha value is 0.440. The predicted octanol–water partition coefficient (Wildman–Crippen LogP) is 5.91. The summed E-state index contributed by atoms with van der Waals surface area (Å²) >= 11 is 0. The van der Waals surface area contributed by atoms with Crippen molar-refractivity contribution in [2.45, 2.75) is 142 Å². The third-order valence-electron chi connectivity index (χ3n) is 6.23. The Morgan fingerprint density at radius 1 is 0.357 bits per heavy atom. The van der Waals surface area contributed by atoms with Crippen LogP contribution < -0.4 is 17.0 Å². The molecule has 0 aliphatic heterocycles. The second-order valence-electron chi connectivity index (χ2n) is 9.75. The molecule has 28 heavy (non-hydrogen) atoms. The lowest BCUT2D eigenvalue weighted by Crippen LogP contribution is -3.00. The van der Waals surface area contributed by atoms with Crippen molar-refractivity contribution in [1.29, 1.82) is 0 Å². The van der Waals surface area contributed by atoms with Crippen LogP contribution in [-0.4, -0.2) is 31.7 Å². The zero-order valence-corrected chi connectivity index (χ0v) is 22.0. The molecule has 0 rings (SSSR count). The highest BCUT2D eigenvalue weighted by Gasteiger charge is 2.13. The summed E-state index contributed by atoms with van der Waals surface area (Å²) in [7, 11) is 4.89. The van der Waals surface area contributed by atoms with Crippen molar-refractivity contribution >= 4 is 0 Å². The van der Waals surface area contributed by atoms with Crippen LogP contribution in [0, 0.1) is 0 Å². The zero-order valence-electron chi connectivity index (χ0n) is 20.4. The predicted molar refractivity (Wildman–Crippen MR) is 126 cm³/mol. The molecular weight excluding hydrogens is 406 g/mol. The van der Waals surface area contributed by atoms with Gasteiger partial charge in [0.05, 0.1) is 27.2 Å². The Balaban J connectivity index is 0. The highest BCUT2D eigenvalue weighted by molar-refractivity contribution is 4.50. The van der Waals surface area contributed by atoms with Gasteiger partial charge >= 0.3 is 0 Å². The summed E-state index contributed by atoms with van der Waals surface area (Å²) in [5.74, 6) is 0. The molecule has 0 heterocycles. The van der Waals surface area contributed by atoms with E-state index in [4.69, 9.17) is 0 Å². The quantitative estimate of drug-likeness (QED) is 0.139. The molecule has 0 aromatic heterocycles. The summed E-state index contributed by atoms with van der Waals surface area (Å²) in [5, 5.41) is 0. The maximum atomic E-state index is 2.44. The van der Waals surface area contributed by atoms with Gasteiger partial charge in [0, 0.05) is 0 Å². The average molecular weight is 463 g/mol. The van der Waals surface area contributed by atoms with Crippen LogP contribution in [0.1, 0.15) is 142 Å². The molecule has 0 spiro atoms. The number of hydrogen-bond donors (Lipinski definition) is 0. The minimum Gasteiger partial charge on any atom is -1.00 e. The lowest BCUT2D eigenvalue weighted by Gasteiger charge is -2.30. The maximum absolute atomic E-state index is 2.44. The Morgan fingerprint density at radius 3 is 0.821 bits per heavy atom. The fourth-order valence-corrected chi connectivity index (χ4v) is 4.17. The van der Waals surface area contributed by atoms with E-state index in [9.17, 15) is 0 Å². The molecule has 2 heteroatoms. The molecule has 0 atom stereocenters. The molecule has 0 aliphatic rings. The van der Waals surface area contributed by atoms with Crippen LogP contribution >= 0.6 is 0 Å². The van der Waals surface area contributed by atoms with E-state index in [1.807, 2.05) is 0 Å². The van der Waals surface area contributed by atoms with Crippen LogP contribution in [0.15, 0.2) is 0 Å². The number of nitrogens with zero attached hydrogens (tertiary/aromatic N) is 1. The topological polar surface area (TPSA) is 0 Å². The van der Waals surface area contributed by atoms with Crippen LogP contribution in [0.25, 0.3) is 0 Å². The third-order valence-corrected chi connectivity index (χ3v) is 6.23. The van der Waals surface area contributed by atoms with Crippen molar-refractivity contribution in [3.8, 4) is 0 Å². The summed E-state index contributed by atoms with van der Waals surface area (Å²) in [6.45, 7) is 7.37. The highest BCUT2D eigenvalue weighted by atomic mass is 79.9. The number of halogens is 1. The second kappa shape index (κ2) is 23.7. The molecule has 0 aliphatic carbocycles. The lowest BCUT2D eigenvalue weighted by molar-refractivity contribution is -0.890. The van der Waals surface area contributed by atoms with E-state index in [1.54, 1.807) is 0 Å². The summed E-state index contributed by atoms with van der Waals surface area (Å²) in [4.78, 5) is 0. The van der Waals surface area contributed by atoms with Gasteiger partial charge in [0.2, 0.25) is 0 Å². The lowest BCUT2D eigenvalue weighted by atomic mass is 10.0. The highest BCUT2D eigenvalue weighted by Crippen LogP contribution is 2.14. The number of hydrogen-bond acceptors (Lipinski definition) is 0. The molecule has 0 radical (unpaired) electrons. The van der Waals surface area contributed by atoms with Crippen LogP contribution in [-0.2, 0) is 0 Å². The molecule has 0 saturated carbocycles. The first kappa shape index (κ1) is 30.6. The maximum Gasteiger partial charge on any atom is 0.0782 e. The van der Waals surface area contributed by atoms with E-state index < -0.39 is 0 Å². The minimum absolute atomic E-state index is 0. The van der Waals surface area contributed by atoms with Crippen LogP contribution in [0.3, 0.4) is 0 Å². The SMILES string of the molecule is CCCCCCCCCCCCCC[N+](C)(C)CCCCCCCCCC.[Br-]. The fraction of sp³-hybridized carbons (Fsp3) is 1.00. The molecule has 0 saturated heterocycles. The molecule has 0 bridgehead atoms. The van der Waals surface area contributed by atoms with Crippen molar-refractivity contribution in [3.63, 3.8) is 0 Å². The van der Waals surface area contributed by atoms with Crippen molar-refractivity contribution in [3.05, 3.63) is 0 Å². The van der Waals surface area contributed by atoms with E-state index in [0.29, 0.717) is 0 Å². The standard InChI is InChI=1S/C26H56N.BrH/c1-5-7-9-11-13-15-16-17-18-20-22-24-26-27(3,4)25-23-21-19-14-12-10-8-6-2;/h5-26H2,1-4H3;1H/q+1;/p-1. The Labute approximate surface area is 190 Å². The number of quaternary nitrogens is 1. The summed E-state index contributed by atoms with van der Waals surface area (Å²) < 4.78 is 1.24. The van der Waals surface area contributed by atoms with Gasteiger partial charge < -0.3 is 21.5 Å². The van der Waals surface area contributed by atoms with Gasteiger partial charge in [-0.1, -0.05) is 117 Å². The number of unbranched alkanes of at least 4 members (excludes halogenated alkanes) is 18. The van der Waals surface area contributed by atoms with Crippen molar-refractivity contribution in [1.82, 2.24) is 0 Å². The Kier molecular flexibility index (Phi) is 25.9. The Morgan fingerprint density at radius 2 is 0.571 bits per heavy atom. The molecule has 0 aromatic carbocycles. The first-order valence-electron chi connectivity index (χ1n) is 12.9. The zero-order chi connectivity index (χ0) is 20.1. The smallest absolute Gasteiger partial charge is 0.0782 e. The van der Waals surface area contributed by atoms with Gasteiger partial charge in [-0.3, -0.25) is 0 Å². The molecule has 172 valence electrons. The minimum atomic E-state index is 0. The molecular formula is C26H56BrN. The monoisotopic (exact) mass is 461 g/mol. The first-order chi connectivity index (χ1) is 13.1. The molecule has 0 N–H and O–H groups in total. The normalized spacial score (nSPS) is 11.6. The van der Waals surface area contributed by atoms with Crippen molar-refractivity contribution in [2.75, 3.05) is 27.2 Å². The van der Waals surface area contributed by atoms with Crippen LogP contribution in [0.2, 0.25) is 0 Å².